The molecule has 0 aromatic carbocycles. The summed E-state index contributed by atoms with van der Waals surface area (Å²) in [6.07, 6.45) is 2.35. The lowest BCUT2D eigenvalue weighted by Crippen LogP contribution is -2.28. The largest absolute Gasteiger partial charge is 0.377 e. The normalized spacial score (nSPS) is 23.8. The summed E-state index contributed by atoms with van der Waals surface area (Å²) in [5.41, 5.74) is 2.45. The van der Waals surface area contributed by atoms with Crippen molar-refractivity contribution in [2.45, 2.75) is 45.6 Å². The topological polar surface area (TPSA) is 22.1 Å². The standard InChI is InChI=1S/C14H20ClNO/c1-9(2)8-17-13-6-5-12-11(10(13)3)4-7-14(15)16-12/h4,7,9-10,13H,5-6,8H2,1-3H3/t10-,13+/m1/s1. The van der Waals surface area contributed by atoms with Crippen molar-refractivity contribution >= 4 is 11.6 Å². The molecule has 0 amide bonds. The van der Waals surface area contributed by atoms with Crippen LogP contribution in [0.3, 0.4) is 0 Å². The molecule has 94 valence electrons. The van der Waals surface area contributed by atoms with E-state index >= 15 is 0 Å². The molecule has 0 saturated carbocycles. The molecular weight excluding hydrogens is 234 g/mol. The van der Waals surface area contributed by atoms with Crippen LogP contribution in [0.2, 0.25) is 5.15 Å². The molecule has 0 spiro atoms. The van der Waals surface area contributed by atoms with Gasteiger partial charge in [-0.05, 0) is 30.4 Å². The molecule has 0 bridgehead atoms. The number of hydrogen-bond donors (Lipinski definition) is 0. The Labute approximate surface area is 108 Å². The molecule has 3 heteroatoms. The summed E-state index contributed by atoms with van der Waals surface area (Å²) < 4.78 is 5.98. The molecule has 1 aromatic rings. The first-order chi connectivity index (χ1) is 8.08. The monoisotopic (exact) mass is 253 g/mol. The lowest BCUT2D eigenvalue weighted by atomic mass is 9.84. The number of rotatable bonds is 3. The molecule has 2 atom stereocenters. The Morgan fingerprint density at radius 3 is 2.94 bits per heavy atom. The van der Waals surface area contributed by atoms with Crippen LogP contribution >= 0.6 is 11.6 Å². The van der Waals surface area contributed by atoms with Gasteiger partial charge in [-0.1, -0.05) is 38.4 Å². The molecule has 17 heavy (non-hydrogen) atoms. The van der Waals surface area contributed by atoms with Gasteiger partial charge in [-0.25, -0.2) is 4.98 Å². The molecule has 0 unspecified atom stereocenters. The van der Waals surface area contributed by atoms with E-state index in [1.807, 2.05) is 6.07 Å². The first-order valence-corrected chi connectivity index (χ1v) is 6.72. The van der Waals surface area contributed by atoms with E-state index in [1.54, 1.807) is 0 Å². The van der Waals surface area contributed by atoms with Gasteiger partial charge < -0.3 is 4.74 Å². The van der Waals surface area contributed by atoms with E-state index < -0.39 is 0 Å². The van der Waals surface area contributed by atoms with Crippen molar-refractivity contribution in [1.82, 2.24) is 4.98 Å². The summed E-state index contributed by atoms with van der Waals surface area (Å²) in [7, 11) is 0. The van der Waals surface area contributed by atoms with Gasteiger partial charge in [-0.2, -0.15) is 0 Å². The molecule has 1 heterocycles. The van der Waals surface area contributed by atoms with Gasteiger partial charge in [-0.3, -0.25) is 0 Å². The second-order valence-corrected chi connectivity index (χ2v) is 5.65. The van der Waals surface area contributed by atoms with Crippen molar-refractivity contribution in [3.8, 4) is 0 Å². The molecule has 0 radical (unpaired) electrons. The highest BCUT2D eigenvalue weighted by Gasteiger charge is 2.27. The van der Waals surface area contributed by atoms with Crippen LogP contribution in [0.25, 0.3) is 0 Å². The number of fused-ring (bicyclic) bond motifs is 1. The van der Waals surface area contributed by atoms with Gasteiger partial charge in [-0.15, -0.1) is 0 Å². The summed E-state index contributed by atoms with van der Waals surface area (Å²) in [5.74, 6) is 1.01. The maximum absolute atomic E-state index is 5.98. The molecule has 1 aliphatic carbocycles. The SMILES string of the molecule is CC(C)CO[C@H]1CCc2nc(Cl)ccc2[C@H]1C. The van der Waals surface area contributed by atoms with Crippen molar-refractivity contribution in [1.29, 1.82) is 0 Å². The maximum atomic E-state index is 5.98. The van der Waals surface area contributed by atoms with Crippen LogP contribution in [0, 0.1) is 5.92 Å². The Bertz CT molecular complexity index is 392. The van der Waals surface area contributed by atoms with Crippen LogP contribution in [0.5, 0.6) is 0 Å². The Morgan fingerprint density at radius 1 is 1.47 bits per heavy atom. The van der Waals surface area contributed by atoms with E-state index in [1.165, 1.54) is 5.56 Å². The number of hydrogen-bond acceptors (Lipinski definition) is 2. The summed E-state index contributed by atoms with van der Waals surface area (Å²) in [6.45, 7) is 7.43. The molecule has 0 aliphatic heterocycles. The second-order valence-electron chi connectivity index (χ2n) is 5.26. The van der Waals surface area contributed by atoms with E-state index in [9.17, 15) is 0 Å². The van der Waals surface area contributed by atoms with Crippen LogP contribution in [-0.2, 0) is 11.2 Å². The highest BCUT2D eigenvalue weighted by Crippen LogP contribution is 2.33. The zero-order valence-corrected chi connectivity index (χ0v) is 11.5. The van der Waals surface area contributed by atoms with Crippen molar-refractivity contribution in [2.24, 2.45) is 5.92 Å². The summed E-state index contributed by atoms with van der Waals surface area (Å²) in [5, 5.41) is 0.595. The van der Waals surface area contributed by atoms with Crippen LogP contribution in [0.1, 0.15) is 44.4 Å². The predicted octanol–water partition coefficient (Wildman–Crippen LogP) is 3.83. The fourth-order valence-corrected chi connectivity index (χ4v) is 2.54. The minimum Gasteiger partial charge on any atom is -0.377 e. The number of nitrogens with zero attached hydrogens (tertiary/aromatic N) is 1. The number of pyridine rings is 1. The van der Waals surface area contributed by atoms with Gasteiger partial charge in [0.1, 0.15) is 5.15 Å². The predicted molar refractivity (Wildman–Crippen MR) is 70.6 cm³/mol. The van der Waals surface area contributed by atoms with Crippen molar-refractivity contribution in [3.05, 3.63) is 28.5 Å². The number of aromatic nitrogens is 1. The van der Waals surface area contributed by atoms with Crippen LogP contribution in [-0.4, -0.2) is 17.7 Å². The average molecular weight is 254 g/mol. The Kier molecular flexibility index (Phi) is 4.05. The third-order valence-corrected chi connectivity index (χ3v) is 3.54. The van der Waals surface area contributed by atoms with E-state index in [0.717, 1.165) is 25.1 Å². The van der Waals surface area contributed by atoms with Gasteiger partial charge >= 0.3 is 0 Å². The van der Waals surface area contributed by atoms with Crippen molar-refractivity contribution in [3.63, 3.8) is 0 Å². The number of ether oxygens (including phenoxy) is 1. The summed E-state index contributed by atoms with van der Waals surface area (Å²) >= 11 is 5.92. The zero-order chi connectivity index (χ0) is 12.4. The first kappa shape index (κ1) is 12.8. The number of halogens is 1. The fourth-order valence-electron chi connectivity index (χ4n) is 2.37. The Hall–Kier alpha value is -0.600. The minimum atomic E-state index is 0.327. The van der Waals surface area contributed by atoms with E-state index in [4.69, 9.17) is 16.3 Å². The molecule has 2 nitrogen and oxygen atoms in total. The van der Waals surface area contributed by atoms with E-state index in [2.05, 4.69) is 31.8 Å². The smallest absolute Gasteiger partial charge is 0.129 e. The van der Waals surface area contributed by atoms with Gasteiger partial charge in [0.15, 0.2) is 0 Å². The Balaban J connectivity index is 2.10. The number of aryl methyl sites for hydroxylation is 1. The molecule has 1 aromatic heterocycles. The third-order valence-electron chi connectivity index (χ3n) is 3.33. The lowest BCUT2D eigenvalue weighted by Gasteiger charge is -2.31. The highest BCUT2D eigenvalue weighted by atomic mass is 35.5. The van der Waals surface area contributed by atoms with E-state index in [-0.39, 0.29) is 0 Å². The van der Waals surface area contributed by atoms with Gasteiger partial charge in [0.25, 0.3) is 0 Å². The zero-order valence-electron chi connectivity index (χ0n) is 10.7. The van der Waals surface area contributed by atoms with Gasteiger partial charge in [0.2, 0.25) is 0 Å². The summed E-state index contributed by atoms with van der Waals surface area (Å²) in [6, 6.07) is 3.97. The van der Waals surface area contributed by atoms with Crippen LogP contribution in [0.15, 0.2) is 12.1 Å². The van der Waals surface area contributed by atoms with Crippen LogP contribution in [0.4, 0.5) is 0 Å². The fraction of sp³-hybridized carbons (Fsp3) is 0.643. The molecule has 1 aliphatic rings. The summed E-state index contributed by atoms with van der Waals surface area (Å²) in [4.78, 5) is 4.40. The molecular formula is C14H20ClNO. The third kappa shape index (κ3) is 2.99. The maximum Gasteiger partial charge on any atom is 0.129 e. The van der Waals surface area contributed by atoms with Crippen molar-refractivity contribution < 1.29 is 4.74 Å². The Morgan fingerprint density at radius 2 is 2.24 bits per heavy atom. The quantitative estimate of drug-likeness (QED) is 0.764. The molecule has 2 rings (SSSR count). The van der Waals surface area contributed by atoms with Gasteiger partial charge in [0.05, 0.1) is 6.10 Å². The van der Waals surface area contributed by atoms with Crippen molar-refractivity contribution in [2.75, 3.05) is 6.61 Å². The molecule has 0 fully saturated rings. The lowest BCUT2D eigenvalue weighted by molar-refractivity contribution is 0.0126. The second kappa shape index (κ2) is 5.36. The molecule has 0 N–H and O–H groups in total. The van der Waals surface area contributed by atoms with Crippen LogP contribution < -0.4 is 0 Å². The molecule has 0 saturated heterocycles. The highest BCUT2D eigenvalue weighted by molar-refractivity contribution is 6.29. The average Bonchev–Trinajstić information content (AvgIpc) is 2.27. The first-order valence-electron chi connectivity index (χ1n) is 6.35. The van der Waals surface area contributed by atoms with Gasteiger partial charge in [0, 0.05) is 18.2 Å². The van der Waals surface area contributed by atoms with E-state index in [0.29, 0.717) is 23.1 Å². The minimum absolute atomic E-state index is 0.327.